The molecular weight excluding hydrogens is 454 g/mol. The number of rotatable bonds is 12. The van der Waals surface area contributed by atoms with Crippen molar-refractivity contribution >= 4 is 34.2 Å². The summed E-state index contributed by atoms with van der Waals surface area (Å²) in [6.07, 6.45) is 7.26. The van der Waals surface area contributed by atoms with Gasteiger partial charge in [-0.3, -0.25) is 9.69 Å². The predicted molar refractivity (Wildman–Crippen MR) is 141 cm³/mol. The topological polar surface area (TPSA) is 59.0 Å². The lowest BCUT2D eigenvalue weighted by Gasteiger charge is -2.27. The second kappa shape index (κ2) is 14.0. The first-order valence-electron chi connectivity index (χ1n) is 12.3. The molecule has 1 amide bonds. The molecule has 2 saturated heterocycles. The average molecular weight is 498 g/mol. The molecule has 2 heterocycles. The van der Waals surface area contributed by atoms with Crippen molar-refractivity contribution in [3.63, 3.8) is 0 Å². The minimum absolute atomic E-state index is 0.0588. The first-order chi connectivity index (χ1) is 15.6. The molecule has 2 rings (SSSR count). The van der Waals surface area contributed by atoms with Crippen molar-refractivity contribution in [1.29, 1.82) is 0 Å². The summed E-state index contributed by atoms with van der Waals surface area (Å²) in [7, 11) is 0. The fraction of sp³-hybridized carbons (Fsp3) is 0.769. The summed E-state index contributed by atoms with van der Waals surface area (Å²) in [5, 5.41) is 10.5. The minimum atomic E-state index is -0.776. The molecule has 0 saturated carbocycles. The highest BCUT2D eigenvalue weighted by Gasteiger charge is 2.36. The largest absolute Gasteiger partial charge is 0.388 e. The van der Waals surface area contributed by atoms with Crippen LogP contribution in [0.3, 0.4) is 0 Å². The first-order valence-corrected chi connectivity index (χ1v) is 13.7. The molecular formula is C26H43NO4S2. The molecule has 1 N–H and O–H groups in total. The molecule has 2 aliphatic rings. The van der Waals surface area contributed by atoms with Crippen LogP contribution >= 0.6 is 24.0 Å². The van der Waals surface area contributed by atoms with Gasteiger partial charge in [0.15, 0.2) is 6.29 Å². The molecule has 2 aliphatic heterocycles. The summed E-state index contributed by atoms with van der Waals surface area (Å²) < 4.78 is 12.1. The van der Waals surface area contributed by atoms with E-state index in [0.717, 1.165) is 37.0 Å². The summed E-state index contributed by atoms with van der Waals surface area (Å²) >= 11 is 6.93. The number of carbonyl (C=O) groups is 1. The van der Waals surface area contributed by atoms with E-state index in [9.17, 15) is 9.90 Å². The second-order valence-electron chi connectivity index (χ2n) is 10.1. The number of thioether (sulfide) groups is 1. The number of thiocarbonyl (C=S) groups is 1. The molecule has 0 aromatic carbocycles. The van der Waals surface area contributed by atoms with Crippen LogP contribution in [0.1, 0.15) is 73.6 Å². The van der Waals surface area contributed by atoms with Crippen molar-refractivity contribution in [3.05, 3.63) is 23.3 Å². The van der Waals surface area contributed by atoms with Crippen LogP contribution in [0.15, 0.2) is 23.3 Å². The third-order valence-corrected chi connectivity index (χ3v) is 8.06. The molecule has 0 bridgehead atoms. The molecule has 0 spiro atoms. The molecule has 5 nitrogen and oxygen atoms in total. The maximum atomic E-state index is 12.7. The summed E-state index contributed by atoms with van der Waals surface area (Å²) in [6, 6.07) is 0.127. The highest BCUT2D eigenvalue weighted by Crippen LogP contribution is 2.30. The zero-order chi connectivity index (χ0) is 24.5. The van der Waals surface area contributed by atoms with Crippen molar-refractivity contribution in [2.75, 3.05) is 19.0 Å². The minimum Gasteiger partial charge on any atom is -0.388 e. The van der Waals surface area contributed by atoms with Crippen LogP contribution in [0.2, 0.25) is 0 Å². The highest BCUT2D eigenvalue weighted by molar-refractivity contribution is 8.23. The van der Waals surface area contributed by atoms with E-state index in [2.05, 4.69) is 40.7 Å². The van der Waals surface area contributed by atoms with E-state index in [1.807, 2.05) is 13.0 Å². The van der Waals surface area contributed by atoms with Gasteiger partial charge in [-0.05, 0) is 51.4 Å². The van der Waals surface area contributed by atoms with Crippen LogP contribution < -0.4 is 0 Å². The van der Waals surface area contributed by atoms with E-state index in [-0.39, 0.29) is 24.7 Å². The van der Waals surface area contributed by atoms with Crippen LogP contribution in [0.4, 0.5) is 0 Å². The monoisotopic (exact) mass is 497 g/mol. The molecule has 33 heavy (non-hydrogen) atoms. The number of amides is 1. The van der Waals surface area contributed by atoms with E-state index < -0.39 is 6.10 Å². The Balaban J connectivity index is 1.77. The Morgan fingerprint density at radius 3 is 2.45 bits per heavy atom. The van der Waals surface area contributed by atoms with Gasteiger partial charge in [-0.15, -0.1) is 0 Å². The zero-order valence-electron chi connectivity index (χ0n) is 21.2. The SMILES string of the molecule is C/C(=C\[C@H](O)CC(=O)N1C(=S)SC[C@@H]1C(C)C)CC/C=C(\C)CC[C@@H](C(C)C)C1OCCO1. The van der Waals surface area contributed by atoms with Crippen molar-refractivity contribution in [2.45, 2.75) is 92.1 Å². The average Bonchev–Trinajstić information content (AvgIpc) is 3.37. The van der Waals surface area contributed by atoms with Gasteiger partial charge in [0.25, 0.3) is 0 Å². The van der Waals surface area contributed by atoms with Crippen LogP contribution in [-0.2, 0) is 14.3 Å². The first kappa shape index (κ1) is 28.5. The van der Waals surface area contributed by atoms with Gasteiger partial charge in [-0.2, -0.15) is 0 Å². The van der Waals surface area contributed by atoms with Gasteiger partial charge in [0.2, 0.25) is 5.91 Å². The summed E-state index contributed by atoms with van der Waals surface area (Å²) in [5.74, 6) is 2.06. The summed E-state index contributed by atoms with van der Waals surface area (Å²) in [5.41, 5.74) is 2.48. The fourth-order valence-corrected chi connectivity index (χ4v) is 6.08. The van der Waals surface area contributed by atoms with Crippen molar-refractivity contribution < 1.29 is 19.4 Å². The molecule has 7 heteroatoms. The Kier molecular flexibility index (Phi) is 12.1. The number of carbonyl (C=O) groups excluding carboxylic acids is 1. The molecule has 3 atom stereocenters. The molecule has 0 aliphatic carbocycles. The number of ether oxygens (including phenoxy) is 2. The Hall–Kier alpha value is -0.730. The Labute approximate surface area is 210 Å². The molecule has 2 fully saturated rings. The molecule has 188 valence electrons. The van der Waals surface area contributed by atoms with Crippen LogP contribution in [0, 0.1) is 17.8 Å². The fourth-order valence-electron chi connectivity index (χ4n) is 4.41. The Bertz CT molecular complexity index is 713. The molecule has 0 unspecified atom stereocenters. The number of nitrogens with zero attached hydrogens (tertiary/aromatic N) is 1. The van der Waals surface area contributed by atoms with Gasteiger partial charge in [-0.1, -0.05) is 75.0 Å². The number of allylic oxidation sites excluding steroid dienone is 3. The maximum absolute atomic E-state index is 12.7. The van der Waals surface area contributed by atoms with Gasteiger partial charge in [-0.25, -0.2) is 0 Å². The Morgan fingerprint density at radius 1 is 1.18 bits per heavy atom. The van der Waals surface area contributed by atoms with Crippen LogP contribution in [-0.4, -0.2) is 57.6 Å². The van der Waals surface area contributed by atoms with Gasteiger partial charge in [0, 0.05) is 17.7 Å². The summed E-state index contributed by atoms with van der Waals surface area (Å²) in [4.78, 5) is 14.5. The van der Waals surface area contributed by atoms with E-state index in [4.69, 9.17) is 21.7 Å². The number of aliphatic hydroxyl groups excluding tert-OH is 1. The van der Waals surface area contributed by atoms with E-state index in [1.165, 1.54) is 5.57 Å². The van der Waals surface area contributed by atoms with Gasteiger partial charge in [0.1, 0.15) is 4.32 Å². The third kappa shape index (κ3) is 9.10. The standard InChI is InChI=1S/C26H43NO4S2/c1-17(2)22(25-30-12-13-31-25)11-10-19(5)8-7-9-20(6)14-21(28)15-24(29)27-23(18(3)4)16-33-26(27)32/h8,14,17-18,21-23,25,28H,7,9-13,15-16H2,1-6H3/b19-8+,20-14+/t21-,22-,23+/m0/s1. The second-order valence-corrected chi connectivity index (χ2v) is 11.7. The maximum Gasteiger partial charge on any atom is 0.231 e. The van der Waals surface area contributed by atoms with Crippen LogP contribution in [0.25, 0.3) is 0 Å². The van der Waals surface area contributed by atoms with Crippen LogP contribution in [0.5, 0.6) is 0 Å². The molecule has 0 aromatic heterocycles. The quantitative estimate of drug-likeness (QED) is 0.275. The third-order valence-electron chi connectivity index (χ3n) is 6.56. The van der Waals surface area contributed by atoms with Gasteiger partial charge < -0.3 is 14.6 Å². The van der Waals surface area contributed by atoms with Crippen molar-refractivity contribution in [2.24, 2.45) is 17.8 Å². The number of hydrogen-bond donors (Lipinski definition) is 1. The molecule has 0 radical (unpaired) electrons. The van der Waals surface area contributed by atoms with Gasteiger partial charge in [0.05, 0.1) is 25.7 Å². The van der Waals surface area contributed by atoms with Gasteiger partial charge >= 0.3 is 0 Å². The molecule has 0 aromatic rings. The lowest BCUT2D eigenvalue weighted by Crippen LogP contribution is -2.42. The summed E-state index contributed by atoms with van der Waals surface area (Å²) in [6.45, 7) is 14.3. The van der Waals surface area contributed by atoms with Crippen molar-refractivity contribution in [1.82, 2.24) is 4.90 Å². The normalized spacial score (nSPS) is 22.6. The van der Waals surface area contributed by atoms with E-state index in [0.29, 0.717) is 35.3 Å². The van der Waals surface area contributed by atoms with E-state index >= 15 is 0 Å². The lowest BCUT2D eigenvalue weighted by molar-refractivity contribution is -0.130. The number of aliphatic hydroxyl groups is 1. The smallest absolute Gasteiger partial charge is 0.231 e. The number of hydrogen-bond acceptors (Lipinski definition) is 6. The highest BCUT2D eigenvalue weighted by atomic mass is 32.2. The predicted octanol–water partition coefficient (Wildman–Crippen LogP) is 5.72. The van der Waals surface area contributed by atoms with Crippen molar-refractivity contribution in [3.8, 4) is 0 Å². The van der Waals surface area contributed by atoms with E-state index in [1.54, 1.807) is 16.7 Å². The lowest BCUT2D eigenvalue weighted by atomic mass is 9.89. The zero-order valence-corrected chi connectivity index (χ0v) is 22.8. The Morgan fingerprint density at radius 2 is 1.85 bits per heavy atom.